The van der Waals surface area contributed by atoms with Crippen LogP contribution in [0.15, 0.2) is 27.8 Å². The van der Waals surface area contributed by atoms with Gasteiger partial charge in [0, 0.05) is 24.8 Å². The number of carbonyl (C=O) groups is 1. The van der Waals surface area contributed by atoms with Crippen molar-refractivity contribution in [3.05, 3.63) is 22.8 Å². The second kappa shape index (κ2) is 4.69. The third-order valence-electron chi connectivity index (χ3n) is 2.76. The molecule has 1 aliphatic rings. The predicted molar refractivity (Wildman–Crippen MR) is 71.7 cm³/mol. The van der Waals surface area contributed by atoms with Crippen molar-refractivity contribution in [2.75, 3.05) is 0 Å². The zero-order valence-electron chi connectivity index (χ0n) is 10.0. The Hall–Kier alpha value is -1.03. The molecule has 0 saturated heterocycles. The lowest BCUT2D eigenvalue weighted by molar-refractivity contribution is -0.120. The lowest BCUT2D eigenvalue weighted by atomic mass is 9.76. The second-order valence-electron chi connectivity index (χ2n) is 5.22. The first-order valence-corrected chi connectivity index (χ1v) is 6.44. The highest BCUT2D eigenvalue weighted by Crippen LogP contribution is 2.33. The highest BCUT2D eigenvalue weighted by atomic mass is 79.9. The Morgan fingerprint density at radius 3 is 2.82 bits per heavy atom. The van der Waals surface area contributed by atoms with Gasteiger partial charge in [0.2, 0.25) is 0 Å². The van der Waals surface area contributed by atoms with E-state index in [0.717, 1.165) is 16.6 Å². The number of halogens is 1. The average Bonchev–Trinajstić information content (AvgIpc) is 2.18. The van der Waals surface area contributed by atoms with Gasteiger partial charge in [0.05, 0.1) is 4.47 Å². The number of rotatable bonds is 1. The van der Waals surface area contributed by atoms with Gasteiger partial charge in [-0.15, -0.1) is 0 Å². The maximum atomic E-state index is 11.7. The van der Waals surface area contributed by atoms with Crippen LogP contribution in [-0.4, -0.2) is 16.5 Å². The van der Waals surface area contributed by atoms with Gasteiger partial charge in [0.1, 0.15) is 5.78 Å². The quantitative estimate of drug-likeness (QED) is 0.793. The van der Waals surface area contributed by atoms with Gasteiger partial charge in [0.25, 0.3) is 0 Å². The molecule has 3 nitrogen and oxygen atoms in total. The molecule has 0 bridgehead atoms. The summed E-state index contributed by atoms with van der Waals surface area (Å²) in [5.74, 6) is 0.931. The van der Waals surface area contributed by atoms with Gasteiger partial charge in [0.15, 0.2) is 5.82 Å². The molecular formula is C13H15BrN2O. The molecule has 0 amide bonds. The van der Waals surface area contributed by atoms with Gasteiger partial charge in [-0.05, 0) is 39.9 Å². The van der Waals surface area contributed by atoms with Gasteiger partial charge in [-0.2, -0.15) is 0 Å². The largest absolute Gasteiger partial charge is 0.299 e. The zero-order valence-corrected chi connectivity index (χ0v) is 11.6. The van der Waals surface area contributed by atoms with Crippen LogP contribution >= 0.6 is 15.9 Å². The Morgan fingerprint density at radius 2 is 2.18 bits per heavy atom. The Labute approximate surface area is 109 Å². The van der Waals surface area contributed by atoms with E-state index in [1.54, 1.807) is 6.20 Å². The number of aliphatic imine (C=N–C) groups is 1. The number of carbonyl (C=O) groups excluding carboxylic acids is 1. The molecule has 0 atom stereocenters. The molecule has 1 saturated carbocycles. The summed E-state index contributed by atoms with van der Waals surface area (Å²) in [5.41, 5.74) is 0.959. The summed E-state index contributed by atoms with van der Waals surface area (Å²) >= 11 is 3.41. The molecule has 17 heavy (non-hydrogen) atoms. The van der Waals surface area contributed by atoms with E-state index in [1.165, 1.54) is 0 Å². The first-order chi connectivity index (χ1) is 7.96. The number of hydrogen-bond donors (Lipinski definition) is 0. The highest BCUT2D eigenvalue weighted by molar-refractivity contribution is 9.10. The Kier molecular flexibility index (Phi) is 3.43. The fourth-order valence-corrected chi connectivity index (χ4v) is 2.53. The van der Waals surface area contributed by atoms with E-state index in [4.69, 9.17) is 0 Å². The van der Waals surface area contributed by atoms with Crippen molar-refractivity contribution in [3.8, 4) is 0 Å². The summed E-state index contributed by atoms with van der Waals surface area (Å²) < 4.78 is 0.864. The Morgan fingerprint density at radius 1 is 1.41 bits per heavy atom. The molecule has 1 aromatic heterocycles. The van der Waals surface area contributed by atoms with Crippen LogP contribution in [0.25, 0.3) is 0 Å². The van der Waals surface area contributed by atoms with Crippen LogP contribution < -0.4 is 0 Å². The number of nitrogens with zero attached hydrogens (tertiary/aromatic N) is 2. The Bertz CT molecular complexity index is 480. The summed E-state index contributed by atoms with van der Waals surface area (Å²) in [7, 11) is 0. The van der Waals surface area contributed by atoms with E-state index in [2.05, 4.69) is 39.8 Å². The fraction of sp³-hybridized carbons (Fsp3) is 0.462. The lowest BCUT2D eigenvalue weighted by Crippen LogP contribution is -2.28. The van der Waals surface area contributed by atoms with Crippen LogP contribution in [0, 0.1) is 5.41 Å². The van der Waals surface area contributed by atoms with Crippen molar-refractivity contribution in [3.63, 3.8) is 0 Å². The van der Waals surface area contributed by atoms with E-state index in [1.807, 2.05) is 12.1 Å². The molecule has 1 heterocycles. The molecule has 90 valence electrons. The van der Waals surface area contributed by atoms with Crippen LogP contribution in [-0.2, 0) is 4.79 Å². The first kappa shape index (κ1) is 12.4. The minimum absolute atomic E-state index is 0.0232. The molecule has 1 fully saturated rings. The van der Waals surface area contributed by atoms with Gasteiger partial charge in [-0.25, -0.2) is 9.98 Å². The predicted octanol–water partition coefficient (Wildman–Crippen LogP) is 3.70. The molecule has 0 unspecified atom stereocenters. The van der Waals surface area contributed by atoms with Crippen molar-refractivity contribution < 1.29 is 4.79 Å². The lowest BCUT2D eigenvalue weighted by Gasteiger charge is -2.29. The number of Topliss-reactive ketones (excluding diaryl/α,β-unsaturated/α-hetero) is 1. The van der Waals surface area contributed by atoms with Gasteiger partial charge in [-0.3, -0.25) is 4.79 Å². The molecule has 1 aliphatic carbocycles. The average molecular weight is 295 g/mol. The van der Waals surface area contributed by atoms with Crippen molar-refractivity contribution in [1.29, 1.82) is 0 Å². The summed E-state index contributed by atoms with van der Waals surface area (Å²) in [6.07, 6.45) is 3.68. The molecule has 0 spiro atoms. The molecule has 0 N–H and O–H groups in total. The zero-order chi connectivity index (χ0) is 12.5. The van der Waals surface area contributed by atoms with E-state index < -0.39 is 0 Å². The van der Waals surface area contributed by atoms with Crippen LogP contribution in [0.2, 0.25) is 0 Å². The number of pyridine rings is 1. The highest BCUT2D eigenvalue weighted by Gasteiger charge is 2.30. The summed E-state index contributed by atoms with van der Waals surface area (Å²) in [6.45, 7) is 4.21. The van der Waals surface area contributed by atoms with Gasteiger partial charge >= 0.3 is 0 Å². The molecule has 0 aliphatic heterocycles. The molecule has 0 aromatic carbocycles. The van der Waals surface area contributed by atoms with Crippen LogP contribution in [0.1, 0.15) is 33.1 Å². The number of ketones is 1. The first-order valence-electron chi connectivity index (χ1n) is 5.65. The SMILES string of the molecule is CC1(C)CC(=O)CC(=Nc2ncccc2Br)C1. The minimum Gasteiger partial charge on any atom is -0.299 e. The van der Waals surface area contributed by atoms with E-state index in [0.29, 0.717) is 18.7 Å². The third kappa shape index (κ3) is 3.22. The van der Waals surface area contributed by atoms with E-state index in [9.17, 15) is 4.79 Å². The summed E-state index contributed by atoms with van der Waals surface area (Å²) in [4.78, 5) is 20.4. The van der Waals surface area contributed by atoms with E-state index >= 15 is 0 Å². The molecule has 4 heteroatoms. The minimum atomic E-state index is 0.0232. The van der Waals surface area contributed by atoms with Crippen molar-refractivity contribution in [2.24, 2.45) is 10.4 Å². The molecule has 0 radical (unpaired) electrons. The second-order valence-corrected chi connectivity index (χ2v) is 6.07. The molecule has 2 rings (SSSR count). The number of aromatic nitrogens is 1. The maximum absolute atomic E-state index is 11.7. The normalized spacial score (nSPS) is 21.8. The van der Waals surface area contributed by atoms with Crippen molar-refractivity contribution in [2.45, 2.75) is 33.1 Å². The monoisotopic (exact) mass is 294 g/mol. The smallest absolute Gasteiger partial charge is 0.166 e. The van der Waals surface area contributed by atoms with Gasteiger partial charge < -0.3 is 0 Å². The molecular weight excluding hydrogens is 280 g/mol. The molecule has 1 aromatic rings. The number of hydrogen-bond acceptors (Lipinski definition) is 3. The fourth-order valence-electron chi connectivity index (χ4n) is 2.19. The maximum Gasteiger partial charge on any atom is 0.166 e. The van der Waals surface area contributed by atoms with E-state index in [-0.39, 0.29) is 11.2 Å². The summed E-state index contributed by atoms with van der Waals surface area (Å²) in [6, 6.07) is 3.76. The summed E-state index contributed by atoms with van der Waals surface area (Å²) in [5, 5.41) is 0. The van der Waals surface area contributed by atoms with Gasteiger partial charge in [-0.1, -0.05) is 13.8 Å². The van der Waals surface area contributed by atoms with Crippen LogP contribution in [0.4, 0.5) is 5.82 Å². The topological polar surface area (TPSA) is 42.3 Å². The Balaban J connectivity index is 2.28. The standard InChI is InChI=1S/C13H15BrN2O/c1-13(2)7-9(6-10(17)8-13)16-12-11(14)4-3-5-15-12/h3-5H,6-8H2,1-2H3. The van der Waals surface area contributed by atoms with Crippen LogP contribution in [0.3, 0.4) is 0 Å². The van der Waals surface area contributed by atoms with Crippen molar-refractivity contribution >= 4 is 33.2 Å². The van der Waals surface area contributed by atoms with Crippen LogP contribution in [0.5, 0.6) is 0 Å². The third-order valence-corrected chi connectivity index (χ3v) is 3.38. The van der Waals surface area contributed by atoms with Crippen molar-refractivity contribution in [1.82, 2.24) is 4.98 Å².